The monoisotopic (exact) mass is 254 g/mol. The molecular formula is C15H30N2O. The number of nitrogens with two attached hydrogens (primary N) is 1. The Morgan fingerprint density at radius 2 is 2.17 bits per heavy atom. The predicted octanol–water partition coefficient (Wildman–Crippen LogP) is 2.93. The van der Waals surface area contributed by atoms with E-state index >= 15 is 0 Å². The SMILES string of the molecule is CCCCN(C(=O)C1(C)CCCC1N)C(C)CC. The predicted molar refractivity (Wildman–Crippen MR) is 76.3 cm³/mol. The van der Waals surface area contributed by atoms with Gasteiger partial charge in [-0.3, -0.25) is 4.79 Å². The van der Waals surface area contributed by atoms with Crippen molar-refractivity contribution in [2.45, 2.75) is 78.3 Å². The average molecular weight is 254 g/mol. The Labute approximate surface area is 112 Å². The zero-order chi connectivity index (χ0) is 13.8. The Morgan fingerprint density at radius 3 is 2.61 bits per heavy atom. The second kappa shape index (κ2) is 6.55. The molecule has 106 valence electrons. The van der Waals surface area contributed by atoms with Crippen LogP contribution in [0.2, 0.25) is 0 Å². The molecule has 3 heteroatoms. The van der Waals surface area contributed by atoms with Gasteiger partial charge in [-0.15, -0.1) is 0 Å². The van der Waals surface area contributed by atoms with Crippen LogP contribution >= 0.6 is 0 Å². The molecule has 1 aliphatic rings. The summed E-state index contributed by atoms with van der Waals surface area (Å²) in [6, 6.07) is 0.367. The second-order valence-electron chi connectivity index (χ2n) is 6.03. The molecule has 1 aliphatic carbocycles. The standard InChI is InChI=1S/C15H30N2O/c1-5-7-11-17(12(3)6-2)14(18)15(4)10-8-9-13(15)16/h12-13H,5-11,16H2,1-4H3. The van der Waals surface area contributed by atoms with E-state index in [1.54, 1.807) is 0 Å². The molecule has 1 fully saturated rings. The lowest BCUT2D eigenvalue weighted by Gasteiger charge is -2.37. The third-order valence-electron chi connectivity index (χ3n) is 4.65. The van der Waals surface area contributed by atoms with Crippen LogP contribution in [0.1, 0.15) is 66.2 Å². The summed E-state index contributed by atoms with van der Waals surface area (Å²) in [5.74, 6) is 0.287. The van der Waals surface area contributed by atoms with E-state index in [9.17, 15) is 4.79 Å². The van der Waals surface area contributed by atoms with Gasteiger partial charge >= 0.3 is 0 Å². The van der Waals surface area contributed by atoms with Crippen molar-refractivity contribution in [2.24, 2.45) is 11.1 Å². The highest BCUT2D eigenvalue weighted by Crippen LogP contribution is 2.39. The quantitative estimate of drug-likeness (QED) is 0.792. The largest absolute Gasteiger partial charge is 0.339 e. The van der Waals surface area contributed by atoms with E-state index in [2.05, 4.69) is 32.6 Å². The minimum absolute atomic E-state index is 0.0400. The van der Waals surface area contributed by atoms with Crippen molar-refractivity contribution in [3.05, 3.63) is 0 Å². The smallest absolute Gasteiger partial charge is 0.230 e. The van der Waals surface area contributed by atoms with E-state index < -0.39 is 0 Å². The van der Waals surface area contributed by atoms with Gasteiger partial charge in [0.1, 0.15) is 0 Å². The number of hydrogen-bond donors (Lipinski definition) is 1. The molecule has 0 saturated heterocycles. The van der Waals surface area contributed by atoms with Gasteiger partial charge in [-0.05, 0) is 39.5 Å². The molecule has 0 aromatic rings. The molecule has 2 N–H and O–H groups in total. The molecule has 3 atom stereocenters. The first-order chi connectivity index (χ1) is 8.47. The lowest BCUT2D eigenvalue weighted by molar-refractivity contribution is -0.144. The molecule has 1 saturated carbocycles. The van der Waals surface area contributed by atoms with Crippen LogP contribution in [0.5, 0.6) is 0 Å². The third kappa shape index (κ3) is 3.05. The van der Waals surface area contributed by atoms with Crippen LogP contribution in [0.4, 0.5) is 0 Å². The maximum atomic E-state index is 12.8. The first kappa shape index (κ1) is 15.5. The van der Waals surface area contributed by atoms with E-state index in [4.69, 9.17) is 5.73 Å². The zero-order valence-corrected chi connectivity index (χ0v) is 12.5. The van der Waals surface area contributed by atoms with Crippen LogP contribution in [0.15, 0.2) is 0 Å². The molecule has 1 amide bonds. The summed E-state index contributed by atoms with van der Waals surface area (Å²) < 4.78 is 0. The van der Waals surface area contributed by atoms with Crippen molar-refractivity contribution >= 4 is 5.91 Å². The number of rotatable bonds is 6. The van der Waals surface area contributed by atoms with Crippen molar-refractivity contribution < 1.29 is 4.79 Å². The Bertz CT molecular complexity index is 280. The zero-order valence-electron chi connectivity index (χ0n) is 12.5. The van der Waals surface area contributed by atoms with E-state index in [0.717, 1.165) is 45.1 Å². The lowest BCUT2D eigenvalue weighted by atomic mass is 9.83. The van der Waals surface area contributed by atoms with Gasteiger partial charge < -0.3 is 10.6 Å². The molecule has 0 aromatic heterocycles. The molecule has 3 unspecified atom stereocenters. The lowest BCUT2D eigenvalue weighted by Crippen LogP contribution is -2.52. The molecule has 0 aliphatic heterocycles. The van der Waals surface area contributed by atoms with Gasteiger partial charge in [0.05, 0.1) is 5.41 Å². The first-order valence-corrected chi connectivity index (χ1v) is 7.54. The van der Waals surface area contributed by atoms with Gasteiger partial charge in [-0.25, -0.2) is 0 Å². The van der Waals surface area contributed by atoms with Gasteiger partial charge in [-0.1, -0.05) is 26.7 Å². The highest BCUT2D eigenvalue weighted by molar-refractivity contribution is 5.83. The molecular weight excluding hydrogens is 224 g/mol. The van der Waals surface area contributed by atoms with Crippen LogP contribution in [-0.4, -0.2) is 29.4 Å². The van der Waals surface area contributed by atoms with E-state index in [0.29, 0.717) is 6.04 Å². The fourth-order valence-corrected chi connectivity index (χ4v) is 2.86. The van der Waals surface area contributed by atoms with Crippen molar-refractivity contribution in [3.63, 3.8) is 0 Å². The summed E-state index contributed by atoms with van der Waals surface area (Å²) in [6.07, 6.45) is 6.26. The normalized spacial score (nSPS) is 29.3. The fourth-order valence-electron chi connectivity index (χ4n) is 2.86. The van der Waals surface area contributed by atoms with Gasteiger partial charge in [0.15, 0.2) is 0 Å². The molecule has 0 heterocycles. The second-order valence-corrected chi connectivity index (χ2v) is 6.03. The summed E-state index contributed by atoms with van der Waals surface area (Å²) in [5.41, 5.74) is 5.85. The summed E-state index contributed by atoms with van der Waals surface area (Å²) in [7, 11) is 0. The third-order valence-corrected chi connectivity index (χ3v) is 4.65. The average Bonchev–Trinajstić information content (AvgIpc) is 2.70. The molecule has 0 aromatic carbocycles. The number of nitrogens with zero attached hydrogens (tertiary/aromatic N) is 1. The molecule has 0 spiro atoms. The summed E-state index contributed by atoms with van der Waals surface area (Å²) in [5, 5.41) is 0. The Kier molecular flexibility index (Phi) is 5.64. The van der Waals surface area contributed by atoms with Crippen LogP contribution in [0.3, 0.4) is 0 Å². The summed E-state index contributed by atoms with van der Waals surface area (Å²) in [6.45, 7) is 9.41. The Morgan fingerprint density at radius 1 is 1.50 bits per heavy atom. The molecule has 18 heavy (non-hydrogen) atoms. The highest BCUT2D eigenvalue weighted by Gasteiger charge is 2.45. The first-order valence-electron chi connectivity index (χ1n) is 7.54. The van der Waals surface area contributed by atoms with E-state index in [-0.39, 0.29) is 17.4 Å². The molecule has 3 nitrogen and oxygen atoms in total. The van der Waals surface area contributed by atoms with Crippen LogP contribution < -0.4 is 5.73 Å². The highest BCUT2D eigenvalue weighted by atomic mass is 16.2. The van der Waals surface area contributed by atoms with E-state index in [1.165, 1.54) is 0 Å². The minimum atomic E-state index is -0.322. The summed E-state index contributed by atoms with van der Waals surface area (Å²) >= 11 is 0. The van der Waals surface area contributed by atoms with Crippen molar-refractivity contribution in [2.75, 3.05) is 6.54 Å². The van der Waals surface area contributed by atoms with E-state index in [1.807, 2.05) is 0 Å². The van der Waals surface area contributed by atoms with Gasteiger partial charge in [0.25, 0.3) is 0 Å². The Balaban J connectivity index is 2.80. The van der Waals surface area contributed by atoms with Crippen molar-refractivity contribution in [1.29, 1.82) is 0 Å². The van der Waals surface area contributed by atoms with Gasteiger partial charge in [0.2, 0.25) is 5.91 Å². The number of carbonyl (C=O) groups is 1. The molecule has 1 rings (SSSR count). The van der Waals surface area contributed by atoms with Crippen LogP contribution in [0, 0.1) is 5.41 Å². The number of hydrogen-bond acceptors (Lipinski definition) is 2. The van der Waals surface area contributed by atoms with Crippen molar-refractivity contribution in [3.8, 4) is 0 Å². The summed E-state index contributed by atoms with van der Waals surface area (Å²) in [4.78, 5) is 14.9. The topological polar surface area (TPSA) is 46.3 Å². The minimum Gasteiger partial charge on any atom is -0.339 e. The number of carbonyl (C=O) groups excluding carboxylic acids is 1. The van der Waals surface area contributed by atoms with Crippen LogP contribution in [-0.2, 0) is 4.79 Å². The Hall–Kier alpha value is -0.570. The van der Waals surface area contributed by atoms with Gasteiger partial charge in [-0.2, -0.15) is 0 Å². The number of unbranched alkanes of at least 4 members (excludes halogenated alkanes) is 1. The maximum absolute atomic E-state index is 12.8. The van der Waals surface area contributed by atoms with Crippen LogP contribution in [0.25, 0.3) is 0 Å². The van der Waals surface area contributed by atoms with Gasteiger partial charge in [0, 0.05) is 18.6 Å². The maximum Gasteiger partial charge on any atom is 0.230 e. The number of amides is 1. The molecule has 0 bridgehead atoms. The fraction of sp³-hybridized carbons (Fsp3) is 0.933. The van der Waals surface area contributed by atoms with Crippen molar-refractivity contribution in [1.82, 2.24) is 4.90 Å². The molecule has 0 radical (unpaired) electrons.